The summed E-state index contributed by atoms with van der Waals surface area (Å²) >= 11 is 0. The smallest absolute Gasteiger partial charge is 0.139 e. The zero-order valence-electron chi connectivity index (χ0n) is 13.9. The average Bonchev–Trinajstić information content (AvgIpc) is 2.78. The second-order valence-corrected chi connectivity index (χ2v) is 8.49. The number of fused-ring (bicyclic) bond motifs is 1. The fourth-order valence-corrected chi connectivity index (χ4v) is 5.85. The van der Waals surface area contributed by atoms with Crippen LogP contribution in [0.15, 0.2) is 0 Å². The number of carbonyl (C=O) groups excluding carboxylic acids is 1. The molecule has 126 valence electrons. The molecule has 3 aliphatic carbocycles. The number of aliphatic hydroxyl groups excluding tert-OH is 2. The Kier molecular flexibility index (Phi) is 4.15. The van der Waals surface area contributed by atoms with Crippen LogP contribution in [-0.2, 0) is 4.79 Å². The first-order chi connectivity index (χ1) is 10.3. The van der Waals surface area contributed by atoms with E-state index < -0.39 is 6.10 Å². The molecule has 0 bridgehead atoms. The van der Waals surface area contributed by atoms with E-state index in [0.29, 0.717) is 18.7 Å². The van der Waals surface area contributed by atoms with Crippen LogP contribution in [0, 0.1) is 28.6 Å². The van der Waals surface area contributed by atoms with Gasteiger partial charge in [0.2, 0.25) is 0 Å². The third kappa shape index (κ3) is 2.26. The number of hydrogen-bond acceptors (Lipinski definition) is 4. The minimum atomic E-state index is -0.403. The number of hydrogen-bond donors (Lipinski definition) is 3. The summed E-state index contributed by atoms with van der Waals surface area (Å²) in [5.41, 5.74) is 5.68. The number of rotatable bonds is 2. The molecule has 3 rings (SSSR count). The Balaban J connectivity index is 1.85. The molecule has 0 aromatic rings. The van der Waals surface area contributed by atoms with Gasteiger partial charge >= 0.3 is 0 Å². The fourth-order valence-electron chi connectivity index (χ4n) is 5.85. The van der Waals surface area contributed by atoms with Crippen molar-refractivity contribution in [3.63, 3.8) is 0 Å². The summed E-state index contributed by atoms with van der Waals surface area (Å²) < 4.78 is 0. The van der Waals surface area contributed by atoms with Crippen molar-refractivity contribution in [1.82, 2.24) is 0 Å². The summed E-state index contributed by atoms with van der Waals surface area (Å²) in [4.78, 5) is 12.2. The van der Waals surface area contributed by atoms with Gasteiger partial charge in [0.25, 0.3) is 0 Å². The van der Waals surface area contributed by atoms with Crippen molar-refractivity contribution < 1.29 is 15.0 Å². The Morgan fingerprint density at radius 2 is 1.86 bits per heavy atom. The first-order valence-corrected chi connectivity index (χ1v) is 8.92. The largest absolute Gasteiger partial charge is 0.393 e. The van der Waals surface area contributed by atoms with Gasteiger partial charge in [0.05, 0.1) is 12.2 Å². The average molecular weight is 309 g/mol. The summed E-state index contributed by atoms with van der Waals surface area (Å²) in [5, 5.41) is 21.0. The molecule has 0 spiro atoms. The summed E-state index contributed by atoms with van der Waals surface area (Å²) in [5.74, 6) is 0.922. The van der Waals surface area contributed by atoms with Crippen molar-refractivity contribution in [3.8, 4) is 0 Å². The summed E-state index contributed by atoms with van der Waals surface area (Å²) in [7, 11) is 0. The first-order valence-electron chi connectivity index (χ1n) is 8.92. The van der Waals surface area contributed by atoms with E-state index in [2.05, 4.69) is 13.8 Å². The van der Waals surface area contributed by atoms with Crippen LogP contribution in [0.4, 0.5) is 0 Å². The lowest BCUT2D eigenvalue weighted by Gasteiger charge is -2.54. The zero-order valence-corrected chi connectivity index (χ0v) is 13.9. The number of aliphatic hydroxyl groups is 2. The molecule has 4 nitrogen and oxygen atoms in total. The minimum absolute atomic E-state index is 0.0135. The molecule has 4 heteroatoms. The molecular weight excluding hydrogens is 278 g/mol. The molecule has 22 heavy (non-hydrogen) atoms. The van der Waals surface area contributed by atoms with Gasteiger partial charge in [0.15, 0.2) is 0 Å². The maximum atomic E-state index is 12.2. The second-order valence-electron chi connectivity index (χ2n) is 8.49. The highest BCUT2D eigenvalue weighted by molar-refractivity contribution is 5.87. The van der Waals surface area contributed by atoms with Crippen LogP contribution < -0.4 is 5.73 Å². The lowest BCUT2D eigenvalue weighted by Crippen LogP contribution is -2.54. The van der Waals surface area contributed by atoms with E-state index in [9.17, 15) is 15.0 Å². The van der Waals surface area contributed by atoms with Gasteiger partial charge < -0.3 is 15.9 Å². The molecule has 7 atom stereocenters. The molecule has 3 fully saturated rings. The molecule has 3 aliphatic rings. The Labute approximate surface area is 133 Å². The minimum Gasteiger partial charge on any atom is -0.393 e. The first kappa shape index (κ1) is 16.4. The standard InChI is InChI=1S/C18H31NO3/c1-17(7-5-12(20)9-11(17)10-19)14-6-8-18(2)13(16(14)22)3-4-15(18)21/h11-14,16,20,22H,3-10,19H2,1-2H3/t11-,12+,13?,14?,16+,17+,18+/m1/s1. The van der Waals surface area contributed by atoms with Crippen LogP contribution in [0.25, 0.3) is 0 Å². The van der Waals surface area contributed by atoms with Crippen LogP contribution in [-0.4, -0.2) is 34.7 Å². The fraction of sp³-hybridized carbons (Fsp3) is 0.944. The van der Waals surface area contributed by atoms with E-state index >= 15 is 0 Å². The third-order valence-corrected chi connectivity index (χ3v) is 7.57. The monoisotopic (exact) mass is 309 g/mol. The van der Waals surface area contributed by atoms with Gasteiger partial charge in [-0.15, -0.1) is 0 Å². The van der Waals surface area contributed by atoms with Gasteiger partial charge in [-0.3, -0.25) is 4.79 Å². The second kappa shape index (κ2) is 5.57. The highest BCUT2D eigenvalue weighted by Gasteiger charge is 2.58. The molecular formula is C18H31NO3. The van der Waals surface area contributed by atoms with E-state index in [4.69, 9.17) is 5.73 Å². The van der Waals surface area contributed by atoms with E-state index in [1.165, 1.54) is 0 Å². The SMILES string of the molecule is C[C@]12CCC([C@@]3(C)CC[C@H](O)C[C@@H]3CN)[C@@H](O)C1CCC2=O. The van der Waals surface area contributed by atoms with Crippen molar-refractivity contribution in [2.75, 3.05) is 6.54 Å². The maximum absolute atomic E-state index is 12.2. The van der Waals surface area contributed by atoms with Crippen molar-refractivity contribution in [2.45, 2.75) is 71.0 Å². The topological polar surface area (TPSA) is 83.6 Å². The lowest BCUT2D eigenvalue weighted by atomic mass is 9.52. The quantitative estimate of drug-likeness (QED) is 0.727. The van der Waals surface area contributed by atoms with Gasteiger partial charge in [-0.25, -0.2) is 0 Å². The molecule has 2 unspecified atom stereocenters. The van der Waals surface area contributed by atoms with Crippen molar-refractivity contribution in [1.29, 1.82) is 0 Å². The van der Waals surface area contributed by atoms with Gasteiger partial charge in [0.1, 0.15) is 5.78 Å². The molecule has 0 saturated heterocycles. The zero-order chi connectivity index (χ0) is 16.1. The predicted molar refractivity (Wildman–Crippen MR) is 85.1 cm³/mol. The summed E-state index contributed by atoms with van der Waals surface area (Å²) in [6, 6.07) is 0. The van der Waals surface area contributed by atoms with Crippen molar-refractivity contribution >= 4 is 5.78 Å². The van der Waals surface area contributed by atoms with Gasteiger partial charge in [0, 0.05) is 11.8 Å². The third-order valence-electron chi connectivity index (χ3n) is 7.57. The Morgan fingerprint density at radius 3 is 2.55 bits per heavy atom. The van der Waals surface area contributed by atoms with Crippen LogP contribution >= 0.6 is 0 Å². The molecule has 4 N–H and O–H groups in total. The van der Waals surface area contributed by atoms with Gasteiger partial charge in [-0.05, 0) is 68.2 Å². The number of carbonyl (C=O) groups is 1. The Morgan fingerprint density at radius 1 is 1.14 bits per heavy atom. The van der Waals surface area contributed by atoms with Crippen LogP contribution in [0.2, 0.25) is 0 Å². The van der Waals surface area contributed by atoms with E-state index in [1.807, 2.05) is 0 Å². The molecule has 3 saturated carbocycles. The Bertz CT molecular complexity index is 454. The highest BCUT2D eigenvalue weighted by Crippen LogP contribution is 2.58. The van der Waals surface area contributed by atoms with Gasteiger partial charge in [-0.2, -0.15) is 0 Å². The molecule has 0 heterocycles. The number of ketones is 1. The molecule has 0 radical (unpaired) electrons. The van der Waals surface area contributed by atoms with E-state index in [0.717, 1.165) is 38.5 Å². The van der Waals surface area contributed by atoms with Crippen LogP contribution in [0.1, 0.15) is 58.8 Å². The van der Waals surface area contributed by atoms with Crippen molar-refractivity contribution in [3.05, 3.63) is 0 Å². The molecule has 0 aromatic heterocycles. The number of nitrogens with two attached hydrogens (primary N) is 1. The van der Waals surface area contributed by atoms with Crippen LogP contribution in [0.5, 0.6) is 0 Å². The van der Waals surface area contributed by atoms with Crippen molar-refractivity contribution in [2.24, 2.45) is 34.3 Å². The van der Waals surface area contributed by atoms with E-state index in [-0.39, 0.29) is 34.7 Å². The summed E-state index contributed by atoms with van der Waals surface area (Å²) in [6.07, 6.45) is 5.08. The Hall–Kier alpha value is -0.450. The highest BCUT2D eigenvalue weighted by atomic mass is 16.3. The van der Waals surface area contributed by atoms with Crippen LogP contribution in [0.3, 0.4) is 0 Å². The van der Waals surface area contributed by atoms with Gasteiger partial charge in [-0.1, -0.05) is 13.8 Å². The summed E-state index contributed by atoms with van der Waals surface area (Å²) in [6.45, 7) is 4.88. The molecule has 0 amide bonds. The maximum Gasteiger partial charge on any atom is 0.139 e. The molecule has 0 aromatic carbocycles. The predicted octanol–water partition coefficient (Wildman–Crippen LogP) is 1.87. The van der Waals surface area contributed by atoms with E-state index in [1.54, 1.807) is 0 Å². The number of Topliss-reactive ketones (excluding diaryl/α,β-unsaturated/α-hetero) is 1. The molecule has 0 aliphatic heterocycles. The normalized spacial score (nSPS) is 52.6. The lowest BCUT2D eigenvalue weighted by molar-refractivity contribution is -0.144.